The highest BCUT2D eigenvalue weighted by atomic mass is 16.5. The quantitative estimate of drug-likeness (QED) is 0.266. The fourth-order valence-corrected chi connectivity index (χ4v) is 19.6. The van der Waals surface area contributed by atoms with Crippen LogP contribution in [0.5, 0.6) is 17.2 Å². The monoisotopic (exact) mass is 901 g/mol. The van der Waals surface area contributed by atoms with Gasteiger partial charge in [-0.2, -0.15) is 0 Å². The minimum atomic E-state index is -0.785. The molecular formula is C59H84N2O5. The molecule has 2 aromatic carbocycles. The molecule has 10 fully saturated rings. The standard InChI is InChI=1S/C30H43NO2.C29H41NO3/c1-18-7-10-20-15-22-29-12-11-27(5,21(16-29)28(6,32)26(2,3)4)25-30(29,23(20)24(18)33-25)13-14-31(22)17-19-8-9-19;1-25(2,3)27(5,32)20-15-28-11-10-26(20,4)24-29(28)12-13-30(16-17-6-7-17)21(28)14-18-8-9-19(31)23(33-24)22(18)29/h7,10,19,21-22,25,32H,8-9,11-17H2,1-6H3;8-9,17,20-21,24,31-32H,6-7,10-16H2,1-5H3/t21?,22-,25?,27?,28?,29?,30+;20?,21-,24?,26?,27?,28?,29+/m11/s1. The minimum absolute atomic E-state index is 0.00180. The number of likely N-dealkylation sites (tertiary alicyclic amines) is 2. The molecule has 14 atom stereocenters. The Bertz CT molecular complexity index is 2240. The Hall–Kier alpha value is -2.32. The van der Waals surface area contributed by atoms with E-state index in [-0.39, 0.29) is 67.4 Å². The lowest BCUT2D eigenvalue weighted by atomic mass is 9.31. The van der Waals surface area contributed by atoms with Crippen molar-refractivity contribution in [2.75, 3.05) is 26.2 Å². The van der Waals surface area contributed by atoms with Gasteiger partial charge in [0.25, 0.3) is 0 Å². The summed E-state index contributed by atoms with van der Waals surface area (Å²) >= 11 is 0. The maximum absolute atomic E-state index is 12.2. The summed E-state index contributed by atoms with van der Waals surface area (Å²) in [6.45, 7) is 29.6. The summed E-state index contributed by atoms with van der Waals surface area (Å²) in [4.78, 5) is 5.77. The van der Waals surface area contributed by atoms with E-state index in [1.165, 1.54) is 99.9 Å². The zero-order valence-corrected chi connectivity index (χ0v) is 42.7. The number of phenols is 1. The summed E-state index contributed by atoms with van der Waals surface area (Å²) in [7, 11) is 0. The molecule has 14 aliphatic rings. The SMILES string of the molecule is CC12CCC3(CC1C(C)(O)C(C)(C)C)[C@H]1Cc4ccc(O)c5c4[C@@]3(CCN1CC1CC1)C2O5.Cc1ccc2c3c1OC1C4(C)CCC5(CC4C(C)(O)C(C)(C)C)[C@@H](C2)N(CC2CC2)CC[C@]315. The van der Waals surface area contributed by atoms with Gasteiger partial charge in [-0.15, -0.1) is 0 Å². The van der Waals surface area contributed by atoms with E-state index in [4.69, 9.17) is 9.47 Å². The molecule has 66 heavy (non-hydrogen) atoms. The van der Waals surface area contributed by atoms with Crippen LogP contribution in [0.15, 0.2) is 24.3 Å². The van der Waals surface area contributed by atoms with E-state index in [2.05, 4.69) is 104 Å². The number of hydrogen-bond acceptors (Lipinski definition) is 7. The van der Waals surface area contributed by atoms with Crippen LogP contribution in [0, 0.1) is 63.1 Å². The number of nitrogens with zero attached hydrogens (tertiary/aromatic N) is 2. The third-order valence-electron chi connectivity index (χ3n) is 24.2. The smallest absolute Gasteiger partial charge is 0.165 e. The molecule has 3 N–H and O–H groups in total. The Kier molecular flexibility index (Phi) is 8.57. The molecule has 10 unspecified atom stereocenters. The first-order valence-electron chi connectivity index (χ1n) is 27.2. The van der Waals surface area contributed by atoms with Crippen molar-refractivity contribution in [1.29, 1.82) is 0 Å². The fraction of sp³-hybridized carbons (Fsp3) is 0.797. The molecule has 4 heterocycles. The van der Waals surface area contributed by atoms with Crippen molar-refractivity contribution in [2.24, 2.45) is 56.2 Å². The van der Waals surface area contributed by atoms with Gasteiger partial charge < -0.3 is 24.8 Å². The number of ether oxygens (including phenoxy) is 2. The maximum atomic E-state index is 12.2. The van der Waals surface area contributed by atoms with E-state index >= 15 is 0 Å². The van der Waals surface area contributed by atoms with Gasteiger partial charge in [0.15, 0.2) is 11.5 Å². The van der Waals surface area contributed by atoms with E-state index in [1.807, 2.05) is 6.07 Å². The molecule has 2 aromatic rings. The van der Waals surface area contributed by atoms with E-state index in [1.54, 1.807) is 11.1 Å². The number of benzene rings is 2. The minimum Gasteiger partial charge on any atom is -0.504 e. The lowest BCUT2D eigenvalue weighted by Gasteiger charge is -2.75. The van der Waals surface area contributed by atoms with Crippen molar-refractivity contribution in [3.8, 4) is 17.2 Å². The van der Waals surface area contributed by atoms with Crippen LogP contribution in [0.25, 0.3) is 0 Å². The molecule has 4 aliphatic heterocycles. The molecule has 2 saturated heterocycles. The number of hydrogen-bond donors (Lipinski definition) is 3. The Labute approximate surface area is 397 Å². The van der Waals surface area contributed by atoms with Gasteiger partial charge in [-0.25, -0.2) is 0 Å². The molecule has 10 aliphatic carbocycles. The molecule has 4 spiro atoms. The number of piperidine rings is 2. The Morgan fingerprint density at radius 1 is 0.591 bits per heavy atom. The molecule has 8 bridgehead atoms. The third-order valence-corrected chi connectivity index (χ3v) is 24.2. The molecule has 7 nitrogen and oxygen atoms in total. The summed E-state index contributed by atoms with van der Waals surface area (Å²) in [5, 5.41) is 35.3. The van der Waals surface area contributed by atoms with Crippen LogP contribution in [0.2, 0.25) is 0 Å². The van der Waals surface area contributed by atoms with E-state index in [9.17, 15) is 15.3 Å². The lowest BCUT2D eigenvalue weighted by molar-refractivity contribution is -0.276. The largest absolute Gasteiger partial charge is 0.504 e. The van der Waals surface area contributed by atoms with Gasteiger partial charge in [0, 0.05) is 68.8 Å². The summed E-state index contributed by atoms with van der Waals surface area (Å²) in [5.74, 6) is 4.56. The Morgan fingerprint density at radius 2 is 1.02 bits per heavy atom. The normalized spacial score (nSPS) is 44.9. The van der Waals surface area contributed by atoms with Crippen LogP contribution < -0.4 is 9.47 Å². The van der Waals surface area contributed by atoms with Crippen LogP contribution >= 0.6 is 0 Å². The lowest BCUT2D eigenvalue weighted by Crippen LogP contribution is -2.80. The van der Waals surface area contributed by atoms with Crippen LogP contribution in [-0.2, 0) is 23.7 Å². The molecule has 7 heteroatoms. The van der Waals surface area contributed by atoms with Crippen molar-refractivity contribution in [2.45, 2.75) is 212 Å². The van der Waals surface area contributed by atoms with Crippen LogP contribution in [0.1, 0.15) is 174 Å². The topological polar surface area (TPSA) is 85.6 Å². The van der Waals surface area contributed by atoms with E-state index < -0.39 is 11.2 Å². The second kappa shape index (κ2) is 13.0. The second-order valence-corrected chi connectivity index (χ2v) is 28.6. The van der Waals surface area contributed by atoms with Crippen LogP contribution in [0.3, 0.4) is 0 Å². The summed E-state index contributed by atoms with van der Waals surface area (Å²) in [6, 6.07) is 9.93. The number of fused-ring (bicyclic) bond motifs is 4. The van der Waals surface area contributed by atoms with Crippen molar-refractivity contribution < 1.29 is 24.8 Å². The zero-order valence-electron chi connectivity index (χ0n) is 42.7. The van der Waals surface area contributed by atoms with Crippen LogP contribution in [0.4, 0.5) is 0 Å². The predicted octanol–water partition coefficient (Wildman–Crippen LogP) is 10.7. The average Bonchev–Trinajstić information content (AvgIpc) is 4.18. The van der Waals surface area contributed by atoms with Gasteiger partial charge in [0.05, 0.1) is 11.2 Å². The first kappa shape index (κ1) is 43.7. The highest BCUT2D eigenvalue weighted by Gasteiger charge is 2.82. The number of aliphatic hydroxyl groups is 2. The summed E-state index contributed by atoms with van der Waals surface area (Å²) in [5.41, 5.74) is 5.75. The number of rotatable bonds is 6. The molecule has 0 amide bonds. The predicted molar refractivity (Wildman–Crippen MR) is 260 cm³/mol. The molecule has 360 valence electrons. The summed E-state index contributed by atoms with van der Waals surface area (Å²) in [6.07, 6.45) is 17.5. The zero-order chi connectivity index (χ0) is 46.4. The Balaban J connectivity index is 0.000000132. The average molecular weight is 901 g/mol. The van der Waals surface area contributed by atoms with Gasteiger partial charge in [-0.3, -0.25) is 9.80 Å². The van der Waals surface area contributed by atoms with Crippen LogP contribution in [-0.4, -0.2) is 86.8 Å². The number of aromatic hydroxyl groups is 1. The summed E-state index contributed by atoms with van der Waals surface area (Å²) < 4.78 is 14.1. The van der Waals surface area contributed by atoms with E-state index in [0.717, 1.165) is 56.2 Å². The van der Waals surface area contributed by atoms with Gasteiger partial charge in [-0.1, -0.05) is 73.6 Å². The molecule has 0 aromatic heterocycles. The second-order valence-electron chi connectivity index (χ2n) is 28.6. The van der Waals surface area contributed by atoms with E-state index in [0.29, 0.717) is 17.8 Å². The highest BCUT2D eigenvalue weighted by Crippen LogP contribution is 2.81. The van der Waals surface area contributed by atoms with Crippen molar-refractivity contribution in [1.82, 2.24) is 9.80 Å². The third kappa shape index (κ3) is 4.97. The molecule has 8 saturated carbocycles. The maximum Gasteiger partial charge on any atom is 0.165 e. The van der Waals surface area contributed by atoms with Gasteiger partial charge in [0.1, 0.15) is 18.0 Å². The molecule has 0 radical (unpaired) electrons. The number of aryl methyl sites for hydroxylation is 1. The van der Waals surface area contributed by atoms with Crippen molar-refractivity contribution in [3.05, 3.63) is 52.1 Å². The van der Waals surface area contributed by atoms with Gasteiger partial charge >= 0.3 is 0 Å². The van der Waals surface area contributed by atoms with Gasteiger partial charge in [0.2, 0.25) is 0 Å². The van der Waals surface area contributed by atoms with Crippen molar-refractivity contribution in [3.63, 3.8) is 0 Å². The number of phenolic OH excluding ortho intramolecular Hbond substituents is 1. The van der Waals surface area contributed by atoms with Crippen molar-refractivity contribution >= 4 is 0 Å². The first-order valence-corrected chi connectivity index (χ1v) is 27.2. The fourth-order valence-electron chi connectivity index (χ4n) is 19.6. The first-order chi connectivity index (χ1) is 30.9. The van der Waals surface area contributed by atoms with Gasteiger partial charge in [-0.05, 0) is 181 Å². The molecular weight excluding hydrogens is 817 g/mol. The highest BCUT2D eigenvalue weighted by molar-refractivity contribution is 5.64. The Morgan fingerprint density at radius 3 is 1.45 bits per heavy atom. The molecule has 16 rings (SSSR count).